The Morgan fingerprint density at radius 1 is 1.08 bits per heavy atom. The Labute approximate surface area is 154 Å². The Hall–Kier alpha value is -2.69. The number of rotatable bonds is 6. The lowest BCUT2D eigenvalue weighted by atomic mass is 9.90. The monoisotopic (exact) mass is 354 g/mol. The molecular formula is C21H26N2O3. The topological polar surface area (TPSA) is 50.8 Å². The summed E-state index contributed by atoms with van der Waals surface area (Å²) >= 11 is 0. The largest absolute Gasteiger partial charge is 0.497 e. The van der Waals surface area contributed by atoms with E-state index in [0.717, 1.165) is 30.0 Å². The van der Waals surface area contributed by atoms with Gasteiger partial charge in [-0.1, -0.05) is 12.1 Å². The fraction of sp³-hybridized carbons (Fsp3) is 0.381. The molecule has 1 aliphatic rings. The molecule has 0 aromatic heterocycles. The standard InChI is InChI=1S/C21H26N2O3/c1-23(14-15-26-18-12-10-17(25-2)11-13-18)21(24)22-20-9-5-7-16-6-3-4-8-19(16)20/h5,7,9-13H,3-4,6,8,14-15H2,1-2H3,(H,22,24). The molecule has 2 aromatic carbocycles. The van der Waals surface area contributed by atoms with Crippen molar-refractivity contribution in [1.29, 1.82) is 0 Å². The van der Waals surface area contributed by atoms with Crippen LogP contribution in [-0.4, -0.2) is 38.2 Å². The minimum atomic E-state index is -0.109. The van der Waals surface area contributed by atoms with Crippen LogP contribution >= 0.6 is 0 Å². The maximum Gasteiger partial charge on any atom is 0.321 e. The van der Waals surface area contributed by atoms with Crippen molar-refractivity contribution in [3.05, 3.63) is 53.6 Å². The van der Waals surface area contributed by atoms with Crippen LogP contribution in [0, 0.1) is 0 Å². The Morgan fingerprint density at radius 2 is 1.81 bits per heavy atom. The SMILES string of the molecule is COc1ccc(OCCN(C)C(=O)Nc2cccc3c2CCCC3)cc1. The molecule has 0 aliphatic heterocycles. The van der Waals surface area contributed by atoms with Gasteiger partial charge >= 0.3 is 6.03 Å². The summed E-state index contributed by atoms with van der Waals surface area (Å²) in [6, 6.07) is 13.5. The second-order valence-electron chi connectivity index (χ2n) is 6.53. The van der Waals surface area contributed by atoms with Crippen LogP contribution in [0.1, 0.15) is 24.0 Å². The van der Waals surface area contributed by atoms with E-state index in [4.69, 9.17) is 9.47 Å². The molecule has 5 heteroatoms. The fourth-order valence-electron chi connectivity index (χ4n) is 3.18. The molecule has 1 N–H and O–H groups in total. The first-order valence-corrected chi connectivity index (χ1v) is 9.07. The van der Waals surface area contributed by atoms with Crippen LogP contribution in [0.5, 0.6) is 11.5 Å². The number of benzene rings is 2. The van der Waals surface area contributed by atoms with Crippen LogP contribution in [0.3, 0.4) is 0 Å². The zero-order chi connectivity index (χ0) is 18.4. The van der Waals surface area contributed by atoms with Crippen LogP contribution < -0.4 is 14.8 Å². The number of methoxy groups -OCH3 is 1. The number of ether oxygens (including phenoxy) is 2. The van der Waals surface area contributed by atoms with Gasteiger partial charge in [-0.2, -0.15) is 0 Å². The highest BCUT2D eigenvalue weighted by Crippen LogP contribution is 2.28. The van der Waals surface area contributed by atoms with Crippen LogP contribution in [0.15, 0.2) is 42.5 Å². The van der Waals surface area contributed by atoms with E-state index in [1.54, 1.807) is 19.1 Å². The van der Waals surface area contributed by atoms with Crippen molar-refractivity contribution < 1.29 is 14.3 Å². The molecule has 2 amide bonds. The maximum atomic E-state index is 12.5. The Morgan fingerprint density at radius 3 is 2.58 bits per heavy atom. The van der Waals surface area contributed by atoms with Gasteiger partial charge in [-0.05, 0) is 67.1 Å². The van der Waals surface area contributed by atoms with E-state index in [2.05, 4.69) is 11.4 Å². The first-order valence-electron chi connectivity index (χ1n) is 9.07. The first-order chi connectivity index (χ1) is 12.7. The summed E-state index contributed by atoms with van der Waals surface area (Å²) in [5, 5.41) is 3.05. The van der Waals surface area contributed by atoms with Gasteiger partial charge in [0.2, 0.25) is 0 Å². The quantitative estimate of drug-likeness (QED) is 0.849. The third kappa shape index (κ3) is 4.48. The van der Waals surface area contributed by atoms with Gasteiger partial charge in [-0.25, -0.2) is 4.79 Å². The smallest absolute Gasteiger partial charge is 0.321 e. The summed E-state index contributed by atoms with van der Waals surface area (Å²) in [6.07, 6.45) is 4.55. The highest BCUT2D eigenvalue weighted by molar-refractivity contribution is 5.90. The minimum absolute atomic E-state index is 0.109. The lowest BCUT2D eigenvalue weighted by Crippen LogP contribution is -2.34. The van der Waals surface area contributed by atoms with Gasteiger partial charge in [-0.15, -0.1) is 0 Å². The van der Waals surface area contributed by atoms with Gasteiger partial charge in [-0.3, -0.25) is 0 Å². The number of urea groups is 1. The molecule has 0 spiro atoms. The molecule has 0 saturated heterocycles. The van der Waals surface area contributed by atoms with Gasteiger partial charge in [0.25, 0.3) is 0 Å². The molecule has 138 valence electrons. The van der Waals surface area contributed by atoms with Crippen LogP contribution in [0.4, 0.5) is 10.5 Å². The van der Waals surface area contributed by atoms with Gasteiger partial charge in [0.15, 0.2) is 0 Å². The van der Waals surface area contributed by atoms with Gasteiger partial charge < -0.3 is 19.7 Å². The molecule has 0 saturated carbocycles. The molecule has 0 bridgehead atoms. The lowest BCUT2D eigenvalue weighted by molar-refractivity contribution is 0.207. The molecule has 5 nitrogen and oxygen atoms in total. The van der Waals surface area contributed by atoms with Crippen molar-refractivity contribution >= 4 is 11.7 Å². The minimum Gasteiger partial charge on any atom is -0.497 e. The summed E-state index contributed by atoms with van der Waals surface area (Å²) in [6.45, 7) is 0.941. The zero-order valence-electron chi connectivity index (χ0n) is 15.5. The number of anilines is 1. The molecule has 3 rings (SSSR count). The molecule has 0 unspecified atom stereocenters. The number of likely N-dealkylation sites (N-methyl/N-ethyl adjacent to an activating group) is 1. The normalized spacial score (nSPS) is 12.8. The number of hydrogen-bond acceptors (Lipinski definition) is 3. The van der Waals surface area contributed by atoms with Gasteiger partial charge in [0, 0.05) is 12.7 Å². The van der Waals surface area contributed by atoms with Crippen LogP contribution in [0.25, 0.3) is 0 Å². The summed E-state index contributed by atoms with van der Waals surface area (Å²) in [5.41, 5.74) is 3.59. The second kappa shape index (κ2) is 8.61. The Balaban J connectivity index is 1.50. The predicted octanol–water partition coefficient (Wildman–Crippen LogP) is 4.12. The van der Waals surface area contributed by atoms with E-state index in [0.29, 0.717) is 13.2 Å². The third-order valence-corrected chi connectivity index (χ3v) is 4.74. The van der Waals surface area contributed by atoms with E-state index < -0.39 is 0 Å². The molecule has 0 atom stereocenters. The number of aryl methyl sites for hydroxylation is 1. The molecule has 0 radical (unpaired) electrons. The van der Waals surface area contributed by atoms with E-state index in [1.165, 1.54) is 24.0 Å². The molecule has 26 heavy (non-hydrogen) atoms. The van der Waals surface area contributed by atoms with Crippen molar-refractivity contribution in [1.82, 2.24) is 4.90 Å². The number of carbonyl (C=O) groups excluding carboxylic acids is 1. The van der Waals surface area contributed by atoms with Crippen molar-refractivity contribution in [2.24, 2.45) is 0 Å². The van der Waals surface area contributed by atoms with Crippen molar-refractivity contribution in [3.63, 3.8) is 0 Å². The summed E-state index contributed by atoms with van der Waals surface area (Å²) < 4.78 is 10.8. The number of carbonyl (C=O) groups is 1. The Bertz CT molecular complexity index is 743. The number of amides is 2. The fourth-order valence-corrected chi connectivity index (χ4v) is 3.18. The van der Waals surface area contributed by atoms with Crippen molar-refractivity contribution in [2.75, 3.05) is 32.6 Å². The zero-order valence-corrected chi connectivity index (χ0v) is 15.5. The summed E-state index contributed by atoms with van der Waals surface area (Å²) in [7, 11) is 3.41. The van der Waals surface area contributed by atoms with Crippen LogP contribution in [-0.2, 0) is 12.8 Å². The molecule has 1 aliphatic carbocycles. The molecule has 2 aromatic rings. The highest BCUT2D eigenvalue weighted by Gasteiger charge is 2.16. The average molecular weight is 354 g/mol. The van der Waals surface area contributed by atoms with Crippen molar-refractivity contribution in [2.45, 2.75) is 25.7 Å². The predicted molar refractivity (Wildman–Crippen MR) is 103 cm³/mol. The summed E-state index contributed by atoms with van der Waals surface area (Å²) in [4.78, 5) is 14.1. The summed E-state index contributed by atoms with van der Waals surface area (Å²) in [5.74, 6) is 1.55. The first kappa shape index (κ1) is 18.1. The van der Waals surface area contributed by atoms with E-state index >= 15 is 0 Å². The lowest BCUT2D eigenvalue weighted by Gasteiger charge is -2.22. The second-order valence-corrected chi connectivity index (χ2v) is 6.53. The van der Waals surface area contributed by atoms with Crippen LogP contribution in [0.2, 0.25) is 0 Å². The number of fused-ring (bicyclic) bond motifs is 1. The Kier molecular flexibility index (Phi) is 6.00. The molecule has 0 heterocycles. The van der Waals surface area contributed by atoms with E-state index in [-0.39, 0.29) is 6.03 Å². The molecule has 0 fully saturated rings. The van der Waals surface area contributed by atoms with E-state index in [1.807, 2.05) is 36.4 Å². The number of nitrogens with one attached hydrogen (secondary N) is 1. The number of hydrogen-bond donors (Lipinski definition) is 1. The van der Waals surface area contributed by atoms with Crippen molar-refractivity contribution in [3.8, 4) is 11.5 Å². The number of nitrogens with zero attached hydrogens (tertiary/aromatic N) is 1. The highest BCUT2D eigenvalue weighted by atomic mass is 16.5. The molecular weight excluding hydrogens is 328 g/mol. The third-order valence-electron chi connectivity index (χ3n) is 4.74. The van der Waals surface area contributed by atoms with Gasteiger partial charge in [0.05, 0.1) is 13.7 Å². The average Bonchev–Trinajstić information content (AvgIpc) is 2.68. The maximum absolute atomic E-state index is 12.5. The van der Waals surface area contributed by atoms with E-state index in [9.17, 15) is 4.79 Å². The van der Waals surface area contributed by atoms with Gasteiger partial charge in [0.1, 0.15) is 18.1 Å².